The molecule has 0 amide bonds. The van der Waals surface area contributed by atoms with Gasteiger partial charge in [0.1, 0.15) is 0 Å². The van der Waals surface area contributed by atoms with Gasteiger partial charge in [0.15, 0.2) is 0 Å². The van der Waals surface area contributed by atoms with Crippen LogP contribution in [0.2, 0.25) is 0 Å². The van der Waals surface area contributed by atoms with Gasteiger partial charge in [-0.3, -0.25) is 0 Å². The molecule has 1 N–H and O–H groups in total. The van der Waals surface area contributed by atoms with Crippen molar-refractivity contribution in [2.24, 2.45) is 0 Å². The Balaban J connectivity index is 3.03. The van der Waals surface area contributed by atoms with Crippen molar-refractivity contribution in [3.63, 3.8) is 0 Å². The van der Waals surface area contributed by atoms with Crippen molar-refractivity contribution in [1.29, 1.82) is 0 Å². The standard InChI is InChI=1S/C10H9F3O2/c1-6-2-3-7(5-10(11,12)13)4-8(6)9(14)15/h2-4H,5H2,1H3,(H,14,15). The predicted molar refractivity (Wildman–Crippen MR) is 47.9 cm³/mol. The number of hydrogen-bond donors (Lipinski definition) is 1. The molecule has 82 valence electrons. The summed E-state index contributed by atoms with van der Waals surface area (Å²) in [4.78, 5) is 10.7. The van der Waals surface area contributed by atoms with E-state index in [1.54, 1.807) is 6.92 Å². The van der Waals surface area contributed by atoms with Crippen LogP contribution in [-0.2, 0) is 6.42 Å². The van der Waals surface area contributed by atoms with E-state index in [1.165, 1.54) is 12.1 Å². The van der Waals surface area contributed by atoms with E-state index < -0.39 is 18.6 Å². The van der Waals surface area contributed by atoms with Crippen molar-refractivity contribution in [1.82, 2.24) is 0 Å². The molecule has 0 saturated carbocycles. The van der Waals surface area contributed by atoms with Crippen molar-refractivity contribution in [3.05, 3.63) is 34.9 Å². The molecule has 0 fully saturated rings. The number of aryl methyl sites for hydroxylation is 1. The molecule has 0 spiro atoms. The van der Waals surface area contributed by atoms with Crippen LogP contribution in [0.25, 0.3) is 0 Å². The summed E-state index contributed by atoms with van der Waals surface area (Å²) in [7, 11) is 0. The lowest BCUT2D eigenvalue weighted by Crippen LogP contribution is -2.12. The maximum absolute atomic E-state index is 12.0. The molecule has 1 aromatic rings. The van der Waals surface area contributed by atoms with Crippen LogP contribution < -0.4 is 0 Å². The minimum Gasteiger partial charge on any atom is -0.478 e. The van der Waals surface area contributed by atoms with Gasteiger partial charge in [0.25, 0.3) is 0 Å². The summed E-state index contributed by atoms with van der Waals surface area (Å²) in [5.74, 6) is -1.21. The quantitative estimate of drug-likeness (QED) is 0.828. The first-order valence-corrected chi connectivity index (χ1v) is 4.19. The zero-order valence-corrected chi connectivity index (χ0v) is 7.93. The van der Waals surface area contributed by atoms with Crippen molar-refractivity contribution < 1.29 is 23.1 Å². The Kier molecular flexibility index (Phi) is 3.02. The molecule has 0 saturated heterocycles. The highest BCUT2D eigenvalue weighted by molar-refractivity contribution is 5.89. The fourth-order valence-corrected chi connectivity index (χ4v) is 1.24. The number of benzene rings is 1. The summed E-state index contributed by atoms with van der Waals surface area (Å²) in [6, 6.07) is 3.73. The summed E-state index contributed by atoms with van der Waals surface area (Å²) in [5.41, 5.74) is 0.329. The number of rotatable bonds is 2. The number of alkyl halides is 3. The van der Waals surface area contributed by atoms with Gasteiger partial charge in [-0.1, -0.05) is 12.1 Å². The van der Waals surface area contributed by atoms with Crippen LogP contribution in [0.5, 0.6) is 0 Å². The summed E-state index contributed by atoms with van der Waals surface area (Å²) in [6.45, 7) is 1.54. The second-order valence-electron chi connectivity index (χ2n) is 3.25. The third kappa shape index (κ3) is 3.27. The average molecular weight is 218 g/mol. The van der Waals surface area contributed by atoms with Crippen LogP contribution in [-0.4, -0.2) is 17.3 Å². The van der Waals surface area contributed by atoms with Crippen molar-refractivity contribution >= 4 is 5.97 Å². The molecule has 0 aliphatic heterocycles. The van der Waals surface area contributed by atoms with E-state index in [0.29, 0.717) is 5.56 Å². The molecule has 0 bridgehead atoms. The molecule has 5 heteroatoms. The monoisotopic (exact) mass is 218 g/mol. The number of carboxylic acids is 1. The van der Waals surface area contributed by atoms with E-state index in [2.05, 4.69) is 0 Å². The summed E-state index contributed by atoms with van der Waals surface area (Å²) in [6.07, 6.45) is -5.42. The maximum atomic E-state index is 12.0. The third-order valence-corrected chi connectivity index (χ3v) is 1.94. The van der Waals surface area contributed by atoms with Crippen LogP contribution in [0.3, 0.4) is 0 Å². The van der Waals surface area contributed by atoms with E-state index in [9.17, 15) is 18.0 Å². The molecular weight excluding hydrogens is 209 g/mol. The molecule has 0 radical (unpaired) electrons. The Hall–Kier alpha value is -1.52. The highest BCUT2D eigenvalue weighted by Gasteiger charge is 2.28. The van der Waals surface area contributed by atoms with E-state index in [1.807, 2.05) is 0 Å². The van der Waals surface area contributed by atoms with E-state index in [4.69, 9.17) is 5.11 Å². The Bertz CT molecular complexity index is 383. The third-order valence-electron chi connectivity index (χ3n) is 1.94. The molecular formula is C10H9F3O2. The van der Waals surface area contributed by atoms with Gasteiger partial charge in [-0.15, -0.1) is 0 Å². The molecule has 0 aliphatic rings. The normalized spacial score (nSPS) is 11.5. The SMILES string of the molecule is Cc1ccc(CC(F)(F)F)cc1C(=O)O. The molecule has 0 aliphatic carbocycles. The minimum atomic E-state index is -4.31. The first kappa shape index (κ1) is 11.6. The zero-order chi connectivity index (χ0) is 11.6. The van der Waals surface area contributed by atoms with Crippen LogP contribution in [0.15, 0.2) is 18.2 Å². The van der Waals surface area contributed by atoms with Crippen LogP contribution >= 0.6 is 0 Å². The van der Waals surface area contributed by atoms with Crippen molar-refractivity contribution in [2.75, 3.05) is 0 Å². The lowest BCUT2D eigenvalue weighted by molar-refractivity contribution is -0.127. The summed E-state index contributed by atoms with van der Waals surface area (Å²) >= 11 is 0. The van der Waals surface area contributed by atoms with Crippen LogP contribution in [0, 0.1) is 6.92 Å². The van der Waals surface area contributed by atoms with Crippen LogP contribution in [0.4, 0.5) is 13.2 Å². The van der Waals surface area contributed by atoms with E-state index >= 15 is 0 Å². The number of halogens is 3. The van der Waals surface area contributed by atoms with Gasteiger partial charge in [-0.25, -0.2) is 4.79 Å². The minimum absolute atomic E-state index is 0.0366. The predicted octanol–water partition coefficient (Wildman–Crippen LogP) is 2.80. The molecule has 0 atom stereocenters. The topological polar surface area (TPSA) is 37.3 Å². The molecule has 15 heavy (non-hydrogen) atoms. The highest BCUT2D eigenvalue weighted by atomic mass is 19.4. The lowest BCUT2D eigenvalue weighted by atomic mass is 10.0. The zero-order valence-electron chi connectivity index (χ0n) is 7.93. The summed E-state index contributed by atoms with van der Waals surface area (Å²) < 4.78 is 36.1. The largest absolute Gasteiger partial charge is 0.478 e. The van der Waals surface area contributed by atoms with Gasteiger partial charge in [-0.05, 0) is 24.1 Å². The Morgan fingerprint density at radius 1 is 1.40 bits per heavy atom. The van der Waals surface area contributed by atoms with Gasteiger partial charge in [0.05, 0.1) is 12.0 Å². The Labute approximate surface area is 84.3 Å². The fraction of sp³-hybridized carbons (Fsp3) is 0.300. The molecule has 0 heterocycles. The van der Waals surface area contributed by atoms with Crippen molar-refractivity contribution in [3.8, 4) is 0 Å². The molecule has 1 aromatic carbocycles. The van der Waals surface area contributed by atoms with E-state index in [0.717, 1.165) is 6.07 Å². The first-order chi connectivity index (χ1) is 6.79. The van der Waals surface area contributed by atoms with Gasteiger partial charge >= 0.3 is 12.1 Å². The van der Waals surface area contributed by atoms with Crippen molar-refractivity contribution in [2.45, 2.75) is 19.5 Å². The van der Waals surface area contributed by atoms with E-state index in [-0.39, 0.29) is 11.1 Å². The Morgan fingerprint density at radius 2 is 2.00 bits per heavy atom. The van der Waals surface area contributed by atoms with Gasteiger partial charge < -0.3 is 5.11 Å². The lowest BCUT2D eigenvalue weighted by Gasteiger charge is -2.08. The number of carbonyl (C=O) groups is 1. The first-order valence-electron chi connectivity index (χ1n) is 4.19. The second kappa shape index (κ2) is 3.92. The van der Waals surface area contributed by atoms with Gasteiger partial charge in [0, 0.05) is 0 Å². The van der Waals surface area contributed by atoms with Crippen LogP contribution in [0.1, 0.15) is 21.5 Å². The number of aromatic carboxylic acids is 1. The van der Waals surface area contributed by atoms with Gasteiger partial charge in [-0.2, -0.15) is 13.2 Å². The Morgan fingerprint density at radius 3 is 2.47 bits per heavy atom. The van der Waals surface area contributed by atoms with Gasteiger partial charge in [0.2, 0.25) is 0 Å². The molecule has 1 rings (SSSR count). The smallest absolute Gasteiger partial charge is 0.393 e. The number of carboxylic acid groups (broad SMARTS) is 1. The second-order valence-corrected chi connectivity index (χ2v) is 3.25. The maximum Gasteiger partial charge on any atom is 0.393 e. The average Bonchev–Trinajstić information content (AvgIpc) is 2.05. The fourth-order valence-electron chi connectivity index (χ4n) is 1.24. The highest BCUT2D eigenvalue weighted by Crippen LogP contribution is 2.22. The molecule has 0 aromatic heterocycles. The molecule has 2 nitrogen and oxygen atoms in total. The number of hydrogen-bond acceptors (Lipinski definition) is 1. The summed E-state index contributed by atoms with van der Waals surface area (Å²) in [5, 5.41) is 8.71. The molecule has 0 unspecified atom stereocenters.